The van der Waals surface area contributed by atoms with Crippen molar-refractivity contribution in [2.24, 2.45) is 5.73 Å². The summed E-state index contributed by atoms with van der Waals surface area (Å²) in [6, 6.07) is 0. The predicted molar refractivity (Wildman–Crippen MR) is 131 cm³/mol. The van der Waals surface area contributed by atoms with Crippen LogP contribution in [-0.2, 0) is 0 Å². The summed E-state index contributed by atoms with van der Waals surface area (Å²) >= 11 is 0. The minimum Gasteiger partial charge on any atom is -1.00 e. The maximum atomic E-state index is 5.86. The van der Waals surface area contributed by atoms with E-state index in [2.05, 4.69) is 41.4 Å². The quantitative estimate of drug-likeness (QED) is 0.129. The lowest BCUT2D eigenvalue weighted by Gasteiger charge is -2.34. The van der Waals surface area contributed by atoms with E-state index in [1.54, 1.807) is 0 Å². The van der Waals surface area contributed by atoms with E-state index in [-0.39, 0.29) is 18.6 Å². The van der Waals surface area contributed by atoms with E-state index >= 15 is 0 Å². The number of halogens is 1. The minimum atomic E-state index is 0. The Morgan fingerprint density at radius 1 is 0.655 bits per heavy atom. The van der Waals surface area contributed by atoms with Gasteiger partial charge in [-0.15, -0.1) is 0 Å². The molecule has 0 heterocycles. The molecule has 0 fully saturated rings. The van der Waals surface area contributed by atoms with Gasteiger partial charge in [-0.3, -0.25) is 5.73 Å². The zero-order valence-corrected chi connectivity index (χ0v) is 21.7. The van der Waals surface area contributed by atoms with Gasteiger partial charge in [-0.05, 0) is 6.08 Å². The Morgan fingerprint density at radius 3 is 1.14 bits per heavy atom. The molecular formula is C26H57ClN2. The van der Waals surface area contributed by atoms with E-state index in [0.29, 0.717) is 0 Å². The number of hydrogen-bond acceptors (Lipinski definition) is 1. The molecule has 0 aliphatic heterocycles. The van der Waals surface area contributed by atoms with Crippen LogP contribution < -0.4 is 18.1 Å². The van der Waals surface area contributed by atoms with Gasteiger partial charge >= 0.3 is 0 Å². The summed E-state index contributed by atoms with van der Waals surface area (Å²) < 4.78 is 0.833. The summed E-state index contributed by atoms with van der Waals surface area (Å²) in [5.74, 6) is 0. The van der Waals surface area contributed by atoms with Crippen molar-refractivity contribution in [3.8, 4) is 0 Å². The second-order valence-corrected chi connectivity index (χ2v) is 9.18. The molecule has 0 radical (unpaired) electrons. The first-order valence-electron chi connectivity index (χ1n) is 12.6. The van der Waals surface area contributed by atoms with Gasteiger partial charge < -0.3 is 16.9 Å². The van der Waals surface area contributed by atoms with E-state index in [0.717, 1.165) is 17.4 Å². The van der Waals surface area contributed by atoms with Crippen molar-refractivity contribution in [3.05, 3.63) is 12.7 Å². The zero-order chi connectivity index (χ0) is 21.5. The summed E-state index contributed by atoms with van der Waals surface area (Å²) in [5, 5.41) is 0. The molecule has 0 bridgehead atoms. The van der Waals surface area contributed by atoms with E-state index in [1.165, 1.54) is 103 Å². The van der Waals surface area contributed by atoms with Gasteiger partial charge in [0, 0.05) is 6.42 Å². The molecule has 0 spiro atoms. The third-order valence-electron chi connectivity index (χ3n) is 5.87. The fourth-order valence-corrected chi connectivity index (χ4v) is 3.58. The molecule has 2 nitrogen and oxygen atoms in total. The Morgan fingerprint density at radius 2 is 0.931 bits per heavy atom. The van der Waals surface area contributed by atoms with Crippen LogP contribution in [0.1, 0.15) is 130 Å². The second-order valence-electron chi connectivity index (χ2n) is 9.18. The highest BCUT2D eigenvalue weighted by molar-refractivity contribution is 4.65. The van der Waals surface area contributed by atoms with Crippen molar-refractivity contribution in [1.29, 1.82) is 0 Å². The fourth-order valence-electron chi connectivity index (χ4n) is 3.58. The molecule has 0 aromatic heterocycles. The van der Waals surface area contributed by atoms with Crippen molar-refractivity contribution >= 4 is 0 Å². The highest BCUT2D eigenvalue weighted by Crippen LogP contribution is 2.13. The summed E-state index contributed by atoms with van der Waals surface area (Å²) in [6.07, 6.45) is 26.6. The van der Waals surface area contributed by atoms with Crippen LogP contribution in [0.4, 0.5) is 0 Å². The van der Waals surface area contributed by atoms with E-state index in [9.17, 15) is 0 Å². The van der Waals surface area contributed by atoms with Crippen LogP contribution >= 0.6 is 0 Å². The van der Waals surface area contributed by atoms with E-state index < -0.39 is 0 Å². The van der Waals surface area contributed by atoms with Crippen molar-refractivity contribution in [1.82, 2.24) is 0 Å². The number of hydrogen-bond donors (Lipinski definition) is 1. The Hall–Kier alpha value is -0.0500. The number of likely N-dealkylation sites (N-methyl/N-ethyl adjacent to an activating group) is 1. The van der Waals surface area contributed by atoms with Crippen molar-refractivity contribution < 1.29 is 16.9 Å². The van der Waals surface area contributed by atoms with E-state index in [4.69, 9.17) is 5.73 Å². The summed E-state index contributed by atoms with van der Waals surface area (Å²) in [6.45, 7) is 11.3. The highest BCUT2D eigenvalue weighted by atomic mass is 35.5. The van der Waals surface area contributed by atoms with Gasteiger partial charge in [0.2, 0.25) is 0 Å². The lowest BCUT2D eigenvalue weighted by Crippen LogP contribution is -3.00. The average Bonchev–Trinajstić information content (AvgIpc) is 2.68. The molecule has 3 heteroatoms. The number of rotatable bonds is 19. The monoisotopic (exact) mass is 432 g/mol. The third kappa shape index (κ3) is 25.9. The standard InChI is InChI=1S/C18H38.C8H19N2.ClH/c1-3-5-7-9-11-13-15-17-18-16-14-12-10-8-6-4-2;1-5-7-10(3,4)8(9)6-2;/h3-18H2,1-2H3;5,8H,1,6-7,9H2,2-4H3;1H/q;+1;/p-1. The molecule has 0 saturated carbocycles. The first-order valence-corrected chi connectivity index (χ1v) is 12.6. The van der Waals surface area contributed by atoms with Gasteiger partial charge in [0.15, 0.2) is 0 Å². The van der Waals surface area contributed by atoms with Gasteiger partial charge in [0.1, 0.15) is 6.17 Å². The molecule has 29 heavy (non-hydrogen) atoms. The summed E-state index contributed by atoms with van der Waals surface area (Å²) in [5.41, 5.74) is 5.86. The Balaban J connectivity index is -0.000000525. The number of quaternary nitrogens is 1. The molecule has 1 atom stereocenters. The summed E-state index contributed by atoms with van der Waals surface area (Å²) in [7, 11) is 4.24. The fraction of sp³-hybridized carbons (Fsp3) is 0.923. The molecule has 0 aromatic rings. The predicted octanol–water partition coefficient (Wildman–Crippen LogP) is 5.22. The summed E-state index contributed by atoms with van der Waals surface area (Å²) in [4.78, 5) is 0. The van der Waals surface area contributed by atoms with Gasteiger partial charge in [-0.2, -0.15) is 0 Å². The highest BCUT2D eigenvalue weighted by Gasteiger charge is 2.20. The average molecular weight is 433 g/mol. The third-order valence-corrected chi connectivity index (χ3v) is 5.87. The SMILES string of the molecule is C=CC[N+](C)(C)C(N)CC.CCCCCCCCCCCCCCCCCC.[Cl-]. The Bertz CT molecular complexity index is 289. The molecule has 0 aliphatic rings. The van der Waals surface area contributed by atoms with Gasteiger partial charge in [0.25, 0.3) is 0 Å². The van der Waals surface area contributed by atoms with Crippen LogP contribution in [0.5, 0.6) is 0 Å². The lowest BCUT2D eigenvalue weighted by molar-refractivity contribution is -0.909. The van der Waals surface area contributed by atoms with Crippen molar-refractivity contribution in [2.45, 2.75) is 136 Å². The molecule has 0 amide bonds. The Labute approximate surface area is 192 Å². The maximum Gasteiger partial charge on any atom is 0.139 e. The first kappa shape index (κ1) is 33.6. The van der Waals surface area contributed by atoms with Gasteiger partial charge in [-0.25, -0.2) is 0 Å². The largest absolute Gasteiger partial charge is 1.00 e. The minimum absolute atomic E-state index is 0. The molecule has 0 rings (SSSR count). The van der Waals surface area contributed by atoms with Crippen LogP contribution in [0.2, 0.25) is 0 Å². The van der Waals surface area contributed by atoms with Crippen LogP contribution in [0.3, 0.4) is 0 Å². The van der Waals surface area contributed by atoms with Crippen LogP contribution in [-0.4, -0.2) is 31.3 Å². The lowest BCUT2D eigenvalue weighted by atomic mass is 10.0. The molecule has 0 aromatic carbocycles. The second kappa shape index (κ2) is 26.0. The van der Waals surface area contributed by atoms with Crippen LogP contribution in [0.25, 0.3) is 0 Å². The number of unbranched alkanes of at least 4 members (excludes halogenated alkanes) is 15. The maximum absolute atomic E-state index is 5.86. The van der Waals surface area contributed by atoms with E-state index in [1.807, 2.05) is 6.08 Å². The number of nitrogens with two attached hydrogens (primary N) is 1. The van der Waals surface area contributed by atoms with Crippen LogP contribution in [0, 0.1) is 0 Å². The molecule has 0 saturated heterocycles. The van der Waals surface area contributed by atoms with Gasteiger partial charge in [0.05, 0.1) is 20.6 Å². The molecule has 178 valence electrons. The normalized spacial score (nSPS) is 11.9. The first-order chi connectivity index (χ1) is 13.5. The molecular weight excluding hydrogens is 376 g/mol. The van der Waals surface area contributed by atoms with Gasteiger partial charge in [-0.1, -0.05) is 130 Å². The van der Waals surface area contributed by atoms with Crippen molar-refractivity contribution in [3.63, 3.8) is 0 Å². The molecule has 0 aliphatic carbocycles. The van der Waals surface area contributed by atoms with Crippen LogP contribution in [0.15, 0.2) is 12.7 Å². The molecule has 2 N–H and O–H groups in total. The Kier molecular flexibility index (Phi) is 30.1. The zero-order valence-electron chi connectivity index (χ0n) is 21.0. The molecule has 1 unspecified atom stereocenters. The van der Waals surface area contributed by atoms with Crippen molar-refractivity contribution in [2.75, 3.05) is 20.6 Å². The number of nitrogens with zero attached hydrogens (tertiary/aromatic N) is 1. The topological polar surface area (TPSA) is 26.0 Å². The smallest absolute Gasteiger partial charge is 0.139 e.